The Labute approximate surface area is 118 Å². The molecule has 0 bridgehead atoms. The van der Waals surface area contributed by atoms with Crippen molar-refractivity contribution in [2.45, 2.75) is 25.8 Å². The second-order valence-corrected chi connectivity index (χ2v) is 4.10. The molecule has 0 aliphatic carbocycles. The third kappa shape index (κ3) is 4.22. The van der Waals surface area contributed by atoms with E-state index in [9.17, 15) is 9.70 Å². The SMILES string of the molecule is CCOC(=O)C(CCc1ccc(OC)c(OC)c1)N=O. The number of nitrogens with zero attached hydrogens (tertiary/aromatic N) is 1. The van der Waals surface area contributed by atoms with Crippen LogP contribution in [0.4, 0.5) is 0 Å². The van der Waals surface area contributed by atoms with Gasteiger partial charge in [-0.15, -0.1) is 4.91 Å². The number of carbonyl (C=O) groups excluding carboxylic acids is 1. The van der Waals surface area contributed by atoms with Crippen molar-refractivity contribution < 1.29 is 19.0 Å². The maximum Gasteiger partial charge on any atom is 0.334 e. The van der Waals surface area contributed by atoms with Gasteiger partial charge in [-0.25, -0.2) is 4.79 Å². The second kappa shape index (κ2) is 8.14. The van der Waals surface area contributed by atoms with Crippen LogP contribution in [0.2, 0.25) is 0 Å². The number of ether oxygens (including phenoxy) is 3. The molecule has 0 saturated heterocycles. The van der Waals surface area contributed by atoms with Gasteiger partial charge in [-0.1, -0.05) is 11.2 Å². The number of methoxy groups -OCH3 is 2. The molecule has 6 nitrogen and oxygen atoms in total. The number of hydrogen-bond acceptors (Lipinski definition) is 6. The van der Waals surface area contributed by atoms with Crippen LogP contribution in [-0.2, 0) is 16.0 Å². The summed E-state index contributed by atoms with van der Waals surface area (Å²) in [5.74, 6) is 0.659. The highest BCUT2D eigenvalue weighted by Gasteiger charge is 2.20. The zero-order valence-corrected chi connectivity index (χ0v) is 11.9. The van der Waals surface area contributed by atoms with Crippen LogP contribution >= 0.6 is 0 Å². The molecule has 0 amide bonds. The minimum Gasteiger partial charge on any atom is -0.493 e. The van der Waals surface area contributed by atoms with Crippen molar-refractivity contribution in [2.75, 3.05) is 20.8 Å². The molecule has 0 fully saturated rings. The Kier molecular flexibility index (Phi) is 6.49. The maximum atomic E-state index is 11.5. The molecule has 0 aliphatic heterocycles. The molecule has 0 radical (unpaired) electrons. The van der Waals surface area contributed by atoms with Crippen molar-refractivity contribution in [3.05, 3.63) is 28.7 Å². The summed E-state index contributed by atoms with van der Waals surface area (Å²) in [4.78, 5) is 22.1. The Balaban J connectivity index is 2.68. The third-order valence-electron chi connectivity index (χ3n) is 2.84. The Morgan fingerprint density at radius 3 is 2.50 bits per heavy atom. The van der Waals surface area contributed by atoms with Gasteiger partial charge in [-0.05, 0) is 37.5 Å². The number of hydrogen-bond donors (Lipinski definition) is 0. The first-order valence-electron chi connectivity index (χ1n) is 6.36. The van der Waals surface area contributed by atoms with Gasteiger partial charge < -0.3 is 14.2 Å². The Morgan fingerprint density at radius 2 is 1.95 bits per heavy atom. The highest BCUT2D eigenvalue weighted by atomic mass is 16.5. The van der Waals surface area contributed by atoms with Crippen molar-refractivity contribution >= 4 is 5.97 Å². The molecule has 0 aromatic heterocycles. The van der Waals surface area contributed by atoms with Gasteiger partial charge in [0.05, 0.1) is 20.8 Å². The van der Waals surface area contributed by atoms with Crippen LogP contribution in [0.1, 0.15) is 18.9 Å². The summed E-state index contributed by atoms with van der Waals surface area (Å²) in [6.07, 6.45) is 0.827. The number of carbonyl (C=O) groups is 1. The second-order valence-electron chi connectivity index (χ2n) is 4.10. The minimum atomic E-state index is -0.969. The molecule has 0 aliphatic rings. The van der Waals surface area contributed by atoms with Gasteiger partial charge >= 0.3 is 5.97 Å². The lowest BCUT2D eigenvalue weighted by Gasteiger charge is -2.11. The van der Waals surface area contributed by atoms with Crippen molar-refractivity contribution in [1.29, 1.82) is 0 Å². The zero-order valence-electron chi connectivity index (χ0n) is 11.9. The van der Waals surface area contributed by atoms with Gasteiger partial charge in [-0.2, -0.15) is 0 Å². The normalized spacial score (nSPS) is 11.6. The summed E-state index contributed by atoms with van der Waals surface area (Å²) in [5.41, 5.74) is 0.931. The lowest BCUT2D eigenvalue weighted by molar-refractivity contribution is -0.144. The predicted molar refractivity (Wildman–Crippen MR) is 74.1 cm³/mol. The fourth-order valence-corrected chi connectivity index (χ4v) is 1.79. The van der Waals surface area contributed by atoms with Gasteiger partial charge in [0.2, 0.25) is 0 Å². The van der Waals surface area contributed by atoms with E-state index in [-0.39, 0.29) is 6.61 Å². The number of aryl methyl sites for hydroxylation is 1. The summed E-state index contributed by atoms with van der Waals surface area (Å²) in [7, 11) is 3.11. The van der Waals surface area contributed by atoms with Crippen molar-refractivity contribution in [3.8, 4) is 11.5 Å². The summed E-state index contributed by atoms with van der Waals surface area (Å²) in [6, 6.07) is 4.48. The van der Waals surface area contributed by atoms with E-state index in [1.807, 2.05) is 12.1 Å². The van der Waals surface area contributed by atoms with Crippen LogP contribution in [-0.4, -0.2) is 32.8 Å². The first-order valence-corrected chi connectivity index (χ1v) is 6.36. The van der Waals surface area contributed by atoms with Crippen LogP contribution in [0, 0.1) is 4.91 Å². The van der Waals surface area contributed by atoms with Gasteiger partial charge in [0, 0.05) is 0 Å². The maximum absolute atomic E-state index is 11.5. The molecule has 20 heavy (non-hydrogen) atoms. The molecule has 0 spiro atoms. The molecule has 0 heterocycles. The standard InChI is InChI=1S/C14H19NO5/c1-4-20-14(16)11(15-17)7-5-10-6-8-12(18-2)13(9-10)19-3/h6,8-9,11H,4-5,7H2,1-3H3. The van der Waals surface area contributed by atoms with E-state index in [1.54, 1.807) is 27.2 Å². The first kappa shape index (κ1) is 15.9. The Hall–Kier alpha value is -2.11. The van der Waals surface area contributed by atoms with Crippen LogP contribution in [0.25, 0.3) is 0 Å². The van der Waals surface area contributed by atoms with Gasteiger partial charge in [-0.3, -0.25) is 0 Å². The van der Waals surface area contributed by atoms with E-state index in [4.69, 9.17) is 14.2 Å². The average molecular weight is 281 g/mol. The molecular formula is C14H19NO5. The number of esters is 1. The smallest absolute Gasteiger partial charge is 0.334 e. The largest absolute Gasteiger partial charge is 0.493 e. The Bertz CT molecular complexity index is 461. The van der Waals surface area contributed by atoms with E-state index in [0.29, 0.717) is 24.3 Å². The molecule has 1 aromatic rings. The summed E-state index contributed by atoms with van der Waals surface area (Å²) in [6.45, 7) is 1.93. The van der Waals surface area contributed by atoms with Gasteiger partial charge in [0.15, 0.2) is 17.5 Å². The van der Waals surface area contributed by atoms with Crippen LogP contribution in [0.5, 0.6) is 11.5 Å². The molecule has 1 atom stereocenters. The van der Waals surface area contributed by atoms with E-state index >= 15 is 0 Å². The van der Waals surface area contributed by atoms with Crippen molar-refractivity contribution in [3.63, 3.8) is 0 Å². The van der Waals surface area contributed by atoms with Crippen LogP contribution in [0.3, 0.4) is 0 Å². The molecular weight excluding hydrogens is 262 g/mol. The van der Waals surface area contributed by atoms with E-state index in [0.717, 1.165) is 5.56 Å². The number of nitroso groups, excluding NO2 is 1. The van der Waals surface area contributed by atoms with E-state index in [1.165, 1.54) is 0 Å². The first-order chi connectivity index (χ1) is 9.65. The topological polar surface area (TPSA) is 74.2 Å². The third-order valence-corrected chi connectivity index (χ3v) is 2.84. The monoisotopic (exact) mass is 281 g/mol. The predicted octanol–water partition coefficient (Wildman–Crippen LogP) is 2.33. The summed E-state index contributed by atoms with van der Waals surface area (Å²) in [5, 5.41) is 2.82. The molecule has 6 heteroatoms. The van der Waals surface area contributed by atoms with Crippen molar-refractivity contribution in [2.24, 2.45) is 5.18 Å². The van der Waals surface area contributed by atoms with E-state index < -0.39 is 12.0 Å². The van der Waals surface area contributed by atoms with Gasteiger partial charge in [0.1, 0.15) is 0 Å². The van der Waals surface area contributed by atoms with Crippen LogP contribution < -0.4 is 9.47 Å². The lowest BCUT2D eigenvalue weighted by atomic mass is 10.1. The number of benzene rings is 1. The minimum absolute atomic E-state index is 0.237. The van der Waals surface area contributed by atoms with Crippen molar-refractivity contribution in [1.82, 2.24) is 0 Å². The quantitative estimate of drug-likeness (QED) is 0.540. The van der Waals surface area contributed by atoms with Gasteiger partial charge in [0.25, 0.3) is 0 Å². The average Bonchev–Trinajstić information content (AvgIpc) is 2.47. The highest BCUT2D eigenvalue weighted by Crippen LogP contribution is 2.28. The Morgan fingerprint density at radius 1 is 1.25 bits per heavy atom. The molecule has 1 aromatic carbocycles. The fraction of sp³-hybridized carbons (Fsp3) is 0.500. The molecule has 110 valence electrons. The highest BCUT2D eigenvalue weighted by molar-refractivity contribution is 5.75. The number of rotatable bonds is 8. The summed E-state index contributed by atoms with van der Waals surface area (Å²) >= 11 is 0. The van der Waals surface area contributed by atoms with E-state index in [2.05, 4.69) is 5.18 Å². The lowest BCUT2D eigenvalue weighted by Crippen LogP contribution is -2.21. The molecule has 1 unspecified atom stereocenters. The molecule has 0 N–H and O–H groups in total. The fourth-order valence-electron chi connectivity index (χ4n) is 1.79. The molecule has 0 saturated carbocycles. The summed E-state index contributed by atoms with van der Waals surface area (Å²) < 4.78 is 15.1. The van der Waals surface area contributed by atoms with Crippen LogP contribution in [0.15, 0.2) is 23.4 Å². The molecule has 1 rings (SSSR count). The zero-order chi connectivity index (χ0) is 15.0.